The number of fused-ring (bicyclic) bond motifs is 1. The van der Waals surface area contributed by atoms with Gasteiger partial charge in [-0.2, -0.15) is 0 Å². The summed E-state index contributed by atoms with van der Waals surface area (Å²) in [6, 6.07) is 6.47. The maximum absolute atomic E-state index is 12.0. The zero-order chi connectivity index (χ0) is 14.1. The van der Waals surface area contributed by atoms with Crippen molar-refractivity contribution in [3.05, 3.63) is 38.8 Å². The molecule has 0 aliphatic carbocycles. The molecule has 1 aromatic carbocycles. The third-order valence-electron chi connectivity index (χ3n) is 3.82. The van der Waals surface area contributed by atoms with Gasteiger partial charge in [-0.15, -0.1) is 0 Å². The Hall–Kier alpha value is -1.55. The Morgan fingerprint density at radius 1 is 1.40 bits per heavy atom. The molecule has 1 aliphatic heterocycles. The number of thiazole rings is 1. The maximum atomic E-state index is 12.0. The fourth-order valence-electron chi connectivity index (χ4n) is 2.62. The van der Waals surface area contributed by atoms with Crippen molar-refractivity contribution < 1.29 is 0 Å². The summed E-state index contributed by atoms with van der Waals surface area (Å²) >= 11 is 1.30. The van der Waals surface area contributed by atoms with E-state index in [0.717, 1.165) is 37.2 Å². The number of hydrogen-bond donors (Lipinski definition) is 1. The summed E-state index contributed by atoms with van der Waals surface area (Å²) in [5, 5.41) is 5.37. The van der Waals surface area contributed by atoms with E-state index in [-0.39, 0.29) is 4.87 Å². The molecule has 1 aromatic heterocycles. The second kappa shape index (κ2) is 5.44. The highest BCUT2D eigenvalue weighted by Gasteiger charge is 2.14. The van der Waals surface area contributed by atoms with Crippen LogP contribution in [0.1, 0.15) is 25.8 Å². The Morgan fingerprint density at radius 2 is 2.25 bits per heavy atom. The van der Waals surface area contributed by atoms with Gasteiger partial charge in [-0.05, 0) is 42.0 Å². The molecule has 0 spiro atoms. The van der Waals surface area contributed by atoms with Crippen molar-refractivity contribution >= 4 is 17.0 Å². The number of nitrogens with one attached hydrogen (secondary N) is 1. The molecule has 2 heterocycles. The number of benzene rings is 1. The van der Waals surface area contributed by atoms with Gasteiger partial charge in [0.2, 0.25) is 0 Å². The molecule has 3 nitrogen and oxygen atoms in total. The van der Waals surface area contributed by atoms with Gasteiger partial charge in [-0.3, -0.25) is 9.36 Å². The normalized spacial score (nSPS) is 13.6. The predicted octanol–water partition coefficient (Wildman–Crippen LogP) is 3.59. The van der Waals surface area contributed by atoms with E-state index in [4.69, 9.17) is 0 Å². The van der Waals surface area contributed by atoms with Crippen LogP contribution >= 0.6 is 11.3 Å². The third kappa shape index (κ3) is 2.52. The van der Waals surface area contributed by atoms with E-state index in [1.807, 2.05) is 9.95 Å². The van der Waals surface area contributed by atoms with Crippen molar-refractivity contribution in [2.75, 3.05) is 11.9 Å². The Kier molecular flexibility index (Phi) is 3.66. The van der Waals surface area contributed by atoms with Gasteiger partial charge in [-0.1, -0.05) is 31.3 Å². The molecule has 2 aromatic rings. The van der Waals surface area contributed by atoms with Gasteiger partial charge in [0.1, 0.15) is 0 Å². The van der Waals surface area contributed by atoms with Crippen LogP contribution in [0.2, 0.25) is 0 Å². The fourth-order valence-corrected chi connectivity index (χ4v) is 3.41. The second-order valence-corrected chi connectivity index (χ2v) is 6.59. The van der Waals surface area contributed by atoms with Gasteiger partial charge >= 0.3 is 4.87 Å². The van der Waals surface area contributed by atoms with Gasteiger partial charge in [0.15, 0.2) is 0 Å². The van der Waals surface area contributed by atoms with Crippen LogP contribution in [-0.4, -0.2) is 11.1 Å². The van der Waals surface area contributed by atoms with Gasteiger partial charge in [-0.25, -0.2) is 0 Å². The summed E-state index contributed by atoms with van der Waals surface area (Å²) in [6.07, 6.45) is 2.11. The molecule has 1 N–H and O–H groups in total. The topological polar surface area (TPSA) is 34.0 Å². The molecule has 0 fully saturated rings. The van der Waals surface area contributed by atoms with Crippen LogP contribution in [0.15, 0.2) is 28.4 Å². The lowest BCUT2D eigenvalue weighted by Gasteiger charge is -2.10. The molecule has 4 heteroatoms. The maximum Gasteiger partial charge on any atom is 0.307 e. The molecular formula is C16H20N2OS. The summed E-state index contributed by atoms with van der Waals surface area (Å²) in [5.74, 6) is 0.610. The van der Waals surface area contributed by atoms with Gasteiger partial charge < -0.3 is 5.32 Å². The van der Waals surface area contributed by atoms with Crippen LogP contribution in [0, 0.1) is 5.92 Å². The average Bonchev–Trinajstić information content (AvgIpc) is 3.01. The summed E-state index contributed by atoms with van der Waals surface area (Å²) in [4.78, 5) is 12.2. The molecule has 0 saturated heterocycles. The minimum Gasteiger partial charge on any atom is -0.384 e. The van der Waals surface area contributed by atoms with Crippen LogP contribution < -0.4 is 10.2 Å². The smallest absolute Gasteiger partial charge is 0.307 e. The largest absolute Gasteiger partial charge is 0.384 e. The second-order valence-electron chi connectivity index (χ2n) is 5.77. The highest BCUT2D eigenvalue weighted by Crippen LogP contribution is 2.29. The lowest BCUT2D eigenvalue weighted by Crippen LogP contribution is -2.15. The first kappa shape index (κ1) is 13.4. The van der Waals surface area contributed by atoms with E-state index < -0.39 is 0 Å². The van der Waals surface area contributed by atoms with Crippen LogP contribution in [-0.2, 0) is 13.0 Å². The SMILES string of the molecule is CC(C)CCn1c(-c2ccc3c(c2)CCN3)csc1=O. The van der Waals surface area contributed by atoms with E-state index in [1.54, 1.807) is 0 Å². The molecule has 0 unspecified atom stereocenters. The van der Waals surface area contributed by atoms with Crippen molar-refractivity contribution in [2.24, 2.45) is 5.92 Å². The third-order valence-corrected chi connectivity index (χ3v) is 4.59. The fraction of sp³-hybridized carbons (Fsp3) is 0.438. The van der Waals surface area contributed by atoms with Crippen molar-refractivity contribution in [3.8, 4) is 11.3 Å². The van der Waals surface area contributed by atoms with Crippen LogP contribution in [0.25, 0.3) is 11.3 Å². The summed E-state index contributed by atoms with van der Waals surface area (Å²) in [7, 11) is 0. The van der Waals surface area contributed by atoms with Crippen molar-refractivity contribution in [1.29, 1.82) is 0 Å². The number of anilines is 1. The minimum atomic E-state index is 0.152. The molecular weight excluding hydrogens is 268 g/mol. The summed E-state index contributed by atoms with van der Waals surface area (Å²) in [5.41, 5.74) is 4.82. The van der Waals surface area contributed by atoms with E-state index >= 15 is 0 Å². The Balaban J connectivity index is 1.96. The highest BCUT2D eigenvalue weighted by atomic mass is 32.1. The summed E-state index contributed by atoms with van der Waals surface area (Å²) < 4.78 is 1.93. The molecule has 0 radical (unpaired) electrons. The van der Waals surface area contributed by atoms with Crippen molar-refractivity contribution in [3.63, 3.8) is 0 Å². The Labute approximate surface area is 123 Å². The van der Waals surface area contributed by atoms with Crippen LogP contribution in [0.3, 0.4) is 0 Å². The zero-order valence-corrected chi connectivity index (χ0v) is 12.8. The van der Waals surface area contributed by atoms with Crippen molar-refractivity contribution in [2.45, 2.75) is 33.2 Å². The first-order valence-electron chi connectivity index (χ1n) is 7.20. The number of rotatable bonds is 4. The van der Waals surface area contributed by atoms with Gasteiger partial charge in [0.25, 0.3) is 0 Å². The zero-order valence-electron chi connectivity index (χ0n) is 12.0. The average molecular weight is 288 g/mol. The molecule has 0 atom stereocenters. The molecule has 3 rings (SSSR count). The monoisotopic (exact) mass is 288 g/mol. The van der Waals surface area contributed by atoms with Gasteiger partial charge in [0.05, 0.1) is 5.69 Å². The Morgan fingerprint density at radius 3 is 3.05 bits per heavy atom. The molecule has 0 bridgehead atoms. The number of nitrogens with zero attached hydrogens (tertiary/aromatic N) is 1. The molecule has 1 aliphatic rings. The highest BCUT2D eigenvalue weighted by molar-refractivity contribution is 7.07. The van der Waals surface area contributed by atoms with Gasteiger partial charge in [0, 0.05) is 24.2 Å². The first-order valence-corrected chi connectivity index (χ1v) is 8.08. The van der Waals surface area contributed by atoms with E-state index in [2.05, 4.69) is 37.4 Å². The lowest BCUT2D eigenvalue weighted by atomic mass is 10.1. The van der Waals surface area contributed by atoms with E-state index in [9.17, 15) is 4.79 Å². The number of aromatic nitrogens is 1. The van der Waals surface area contributed by atoms with Crippen LogP contribution in [0.4, 0.5) is 5.69 Å². The quantitative estimate of drug-likeness (QED) is 0.933. The van der Waals surface area contributed by atoms with E-state index in [1.165, 1.54) is 22.6 Å². The molecule has 106 valence electrons. The molecule has 0 saturated carbocycles. The molecule has 0 amide bonds. The standard InChI is InChI=1S/C16H20N2OS/c1-11(2)6-8-18-15(10-20-16(18)19)13-3-4-14-12(9-13)5-7-17-14/h3-4,9-11,17H,5-8H2,1-2H3. The minimum absolute atomic E-state index is 0.152. The number of hydrogen-bond acceptors (Lipinski definition) is 3. The summed E-state index contributed by atoms with van der Waals surface area (Å²) in [6.45, 7) is 6.21. The van der Waals surface area contributed by atoms with Crippen molar-refractivity contribution in [1.82, 2.24) is 4.57 Å². The molecule has 20 heavy (non-hydrogen) atoms. The predicted molar refractivity (Wildman–Crippen MR) is 85.7 cm³/mol. The first-order chi connectivity index (χ1) is 9.65. The lowest BCUT2D eigenvalue weighted by molar-refractivity contribution is 0.515. The van der Waals surface area contributed by atoms with E-state index in [0.29, 0.717) is 5.92 Å². The Bertz CT molecular complexity index is 669. The van der Waals surface area contributed by atoms with Crippen LogP contribution in [0.5, 0.6) is 0 Å².